The van der Waals surface area contributed by atoms with Crippen LogP contribution < -0.4 is 10.1 Å². The maximum Gasteiger partial charge on any atom is 0.220 e. The summed E-state index contributed by atoms with van der Waals surface area (Å²) in [5, 5.41) is 7.13. The van der Waals surface area contributed by atoms with Crippen molar-refractivity contribution in [2.24, 2.45) is 0 Å². The van der Waals surface area contributed by atoms with Gasteiger partial charge < -0.3 is 10.1 Å². The number of hydrogen-bond donors (Lipinski definition) is 1. The molecule has 0 aliphatic heterocycles. The normalized spacial score (nSPS) is 11.9. The van der Waals surface area contributed by atoms with Crippen LogP contribution in [-0.2, 0) is 11.2 Å². The lowest BCUT2D eigenvalue weighted by molar-refractivity contribution is -0.121. The Labute approximate surface area is 123 Å². The van der Waals surface area contributed by atoms with Gasteiger partial charge in [-0.3, -0.25) is 4.79 Å². The van der Waals surface area contributed by atoms with Crippen molar-refractivity contribution >= 4 is 17.2 Å². The molecule has 0 radical (unpaired) electrons. The van der Waals surface area contributed by atoms with Crippen LogP contribution in [0, 0.1) is 0 Å². The molecule has 0 aliphatic carbocycles. The van der Waals surface area contributed by atoms with Gasteiger partial charge in [-0.05, 0) is 41.8 Å². The number of thiophene rings is 1. The quantitative estimate of drug-likeness (QED) is 0.883. The molecule has 1 aromatic heterocycles. The summed E-state index contributed by atoms with van der Waals surface area (Å²) in [6.07, 6.45) is 1.30. The summed E-state index contributed by atoms with van der Waals surface area (Å²) in [5.41, 5.74) is 2.22. The fourth-order valence-corrected chi connectivity index (χ4v) is 2.81. The topological polar surface area (TPSA) is 38.3 Å². The second kappa shape index (κ2) is 7.10. The predicted octanol–water partition coefficient (Wildman–Crippen LogP) is 3.57. The molecule has 1 unspecified atom stereocenters. The summed E-state index contributed by atoms with van der Waals surface area (Å²) < 4.78 is 5.32. The molecule has 1 aromatic carbocycles. The van der Waals surface area contributed by atoms with E-state index in [1.54, 1.807) is 18.4 Å². The number of para-hydroxylation sites is 1. The Hall–Kier alpha value is -1.81. The van der Waals surface area contributed by atoms with Gasteiger partial charge in [-0.1, -0.05) is 18.2 Å². The van der Waals surface area contributed by atoms with Crippen molar-refractivity contribution in [3.05, 3.63) is 52.2 Å². The van der Waals surface area contributed by atoms with Crippen LogP contribution in [-0.4, -0.2) is 13.0 Å². The van der Waals surface area contributed by atoms with Crippen molar-refractivity contribution in [1.82, 2.24) is 5.32 Å². The molecule has 0 fully saturated rings. The molecule has 20 heavy (non-hydrogen) atoms. The molecule has 1 amide bonds. The summed E-state index contributed by atoms with van der Waals surface area (Å²) in [6.45, 7) is 1.97. The van der Waals surface area contributed by atoms with Gasteiger partial charge in [0.05, 0.1) is 13.2 Å². The lowest BCUT2D eigenvalue weighted by Gasteiger charge is -2.17. The molecule has 4 heteroatoms. The van der Waals surface area contributed by atoms with Crippen LogP contribution in [0.2, 0.25) is 0 Å². The first-order valence-corrected chi connectivity index (χ1v) is 7.58. The molecule has 2 rings (SSSR count). The van der Waals surface area contributed by atoms with Crippen LogP contribution in [0.5, 0.6) is 5.75 Å². The fraction of sp³-hybridized carbons (Fsp3) is 0.312. The van der Waals surface area contributed by atoms with Gasteiger partial charge in [-0.2, -0.15) is 11.3 Å². The van der Waals surface area contributed by atoms with Crippen LogP contribution in [0.3, 0.4) is 0 Å². The maximum atomic E-state index is 12.0. The Morgan fingerprint density at radius 1 is 1.35 bits per heavy atom. The van der Waals surface area contributed by atoms with Crippen molar-refractivity contribution in [3.63, 3.8) is 0 Å². The zero-order valence-electron chi connectivity index (χ0n) is 11.8. The van der Waals surface area contributed by atoms with E-state index in [0.29, 0.717) is 6.42 Å². The Balaban J connectivity index is 1.90. The number of carbonyl (C=O) groups is 1. The third kappa shape index (κ3) is 3.84. The molecule has 2 aromatic rings. The van der Waals surface area contributed by atoms with Gasteiger partial charge in [0.1, 0.15) is 5.75 Å². The highest BCUT2D eigenvalue weighted by molar-refractivity contribution is 7.07. The number of aryl methyl sites for hydroxylation is 1. The second-order valence-corrected chi connectivity index (χ2v) is 5.44. The lowest BCUT2D eigenvalue weighted by Crippen LogP contribution is -2.27. The van der Waals surface area contributed by atoms with Crippen molar-refractivity contribution in [2.75, 3.05) is 7.11 Å². The molecule has 0 bridgehead atoms. The van der Waals surface area contributed by atoms with Gasteiger partial charge in [0.25, 0.3) is 0 Å². The van der Waals surface area contributed by atoms with Gasteiger partial charge in [0.2, 0.25) is 5.91 Å². The predicted molar refractivity (Wildman–Crippen MR) is 82.2 cm³/mol. The number of amides is 1. The third-order valence-electron chi connectivity index (χ3n) is 3.20. The molecule has 106 valence electrons. The Kier molecular flexibility index (Phi) is 5.18. The molecule has 1 heterocycles. The number of hydrogen-bond acceptors (Lipinski definition) is 3. The molecule has 0 spiro atoms. The Morgan fingerprint density at radius 3 is 2.85 bits per heavy atom. The minimum atomic E-state index is -0.0545. The smallest absolute Gasteiger partial charge is 0.220 e. The Bertz CT molecular complexity index is 551. The third-order valence-corrected chi connectivity index (χ3v) is 3.94. The van der Waals surface area contributed by atoms with Gasteiger partial charge in [-0.25, -0.2) is 0 Å². The summed E-state index contributed by atoms with van der Waals surface area (Å²) in [7, 11) is 1.64. The summed E-state index contributed by atoms with van der Waals surface area (Å²) >= 11 is 1.66. The van der Waals surface area contributed by atoms with Gasteiger partial charge in [0, 0.05) is 12.0 Å². The average Bonchev–Trinajstić information content (AvgIpc) is 2.98. The largest absolute Gasteiger partial charge is 0.496 e. The molecular formula is C16H19NO2S. The van der Waals surface area contributed by atoms with E-state index < -0.39 is 0 Å². The fourth-order valence-electron chi connectivity index (χ4n) is 2.11. The van der Waals surface area contributed by atoms with Crippen molar-refractivity contribution in [3.8, 4) is 5.75 Å². The molecule has 0 aliphatic rings. The highest BCUT2D eigenvalue weighted by Crippen LogP contribution is 2.24. The van der Waals surface area contributed by atoms with E-state index in [2.05, 4.69) is 16.8 Å². The number of benzene rings is 1. The summed E-state index contributed by atoms with van der Waals surface area (Å²) in [6, 6.07) is 9.76. The number of carbonyl (C=O) groups excluding carboxylic acids is 1. The molecule has 1 atom stereocenters. The van der Waals surface area contributed by atoms with Crippen LogP contribution in [0.25, 0.3) is 0 Å². The van der Waals surface area contributed by atoms with E-state index >= 15 is 0 Å². The van der Waals surface area contributed by atoms with E-state index in [9.17, 15) is 4.79 Å². The highest BCUT2D eigenvalue weighted by atomic mass is 32.1. The number of nitrogens with one attached hydrogen (secondary N) is 1. The van der Waals surface area contributed by atoms with E-state index in [4.69, 9.17) is 4.74 Å². The molecular weight excluding hydrogens is 270 g/mol. The zero-order valence-corrected chi connectivity index (χ0v) is 12.6. The molecule has 1 N–H and O–H groups in total. The minimum absolute atomic E-state index is 0.0545. The van der Waals surface area contributed by atoms with E-state index in [1.165, 1.54) is 5.56 Å². The number of ether oxygens (including phenoxy) is 1. The molecule has 0 saturated carbocycles. The molecule has 0 saturated heterocycles. The molecule has 3 nitrogen and oxygen atoms in total. The summed E-state index contributed by atoms with van der Waals surface area (Å²) in [5.74, 6) is 0.868. The monoisotopic (exact) mass is 289 g/mol. The lowest BCUT2D eigenvalue weighted by atomic mass is 10.1. The average molecular weight is 289 g/mol. The van der Waals surface area contributed by atoms with E-state index in [-0.39, 0.29) is 11.9 Å². The first-order chi connectivity index (χ1) is 9.70. The standard InChI is InChI=1S/C16H19NO2S/c1-12(14-5-3-4-6-15(14)19-2)17-16(18)8-7-13-9-10-20-11-13/h3-6,9-12H,7-8H2,1-2H3,(H,17,18). The second-order valence-electron chi connectivity index (χ2n) is 4.66. The first-order valence-electron chi connectivity index (χ1n) is 6.64. The Morgan fingerprint density at radius 2 is 2.15 bits per heavy atom. The van der Waals surface area contributed by atoms with Crippen LogP contribution in [0.15, 0.2) is 41.1 Å². The maximum absolute atomic E-state index is 12.0. The first kappa shape index (κ1) is 14.6. The highest BCUT2D eigenvalue weighted by Gasteiger charge is 2.13. The van der Waals surface area contributed by atoms with Gasteiger partial charge >= 0.3 is 0 Å². The van der Waals surface area contributed by atoms with Gasteiger partial charge in [-0.15, -0.1) is 0 Å². The minimum Gasteiger partial charge on any atom is -0.496 e. The zero-order chi connectivity index (χ0) is 14.4. The van der Waals surface area contributed by atoms with Crippen molar-refractivity contribution in [1.29, 1.82) is 0 Å². The van der Waals surface area contributed by atoms with Crippen LogP contribution in [0.4, 0.5) is 0 Å². The SMILES string of the molecule is COc1ccccc1C(C)NC(=O)CCc1ccsc1. The van der Waals surface area contributed by atoms with Gasteiger partial charge in [0.15, 0.2) is 0 Å². The number of methoxy groups -OCH3 is 1. The van der Waals surface area contributed by atoms with E-state index in [0.717, 1.165) is 17.7 Å². The van der Waals surface area contributed by atoms with E-state index in [1.807, 2.05) is 36.6 Å². The number of rotatable bonds is 6. The van der Waals surface area contributed by atoms with Crippen LogP contribution >= 0.6 is 11.3 Å². The van der Waals surface area contributed by atoms with Crippen molar-refractivity contribution < 1.29 is 9.53 Å². The van der Waals surface area contributed by atoms with Crippen molar-refractivity contribution in [2.45, 2.75) is 25.8 Å². The van der Waals surface area contributed by atoms with Crippen LogP contribution in [0.1, 0.15) is 30.5 Å². The summed E-state index contributed by atoms with van der Waals surface area (Å²) in [4.78, 5) is 12.0.